The van der Waals surface area contributed by atoms with Gasteiger partial charge in [-0.25, -0.2) is 4.79 Å². The largest absolute Gasteiger partial charge is 0.465 e. The molecule has 0 unspecified atom stereocenters. The number of hydrogen-bond donors (Lipinski definition) is 0. The van der Waals surface area contributed by atoms with Gasteiger partial charge in [0.05, 0.1) is 7.11 Å². The summed E-state index contributed by atoms with van der Waals surface area (Å²) in [5.74, 6) is 0.0284. The lowest BCUT2D eigenvalue weighted by Crippen LogP contribution is -2.47. The third-order valence-electron chi connectivity index (χ3n) is 6.41. The van der Waals surface area contributed by atoms with Crippen molar-refractivity contribution >= 4 is 11.9 Å². The van der Waals surface area contributed by atoms with E-state index in [4.69, 9.17) is 9.47 Å². The van der Waals surface area contributed by atoms with Crippen LogP contribution in [0, 0.1) is 11.3 Å². The van der Waals surface area contributed by atoms with Crippen molar-refractivity contribution in [2.45, 2.75) is 65.2 Å². The number of fused-ring (bicyclic) bond motifs is 3. The highest BCUT2D eigenvalue weighted by atomic mass is 16.5. The number of rotatable bonds is 2. The van der Waals surface area contributed by atoms with E-state index in [-0.39, 0.29) is 5.41 Å². The van der Waals surface area contributed by atoms with Crippen molar-refractivity contribution in [2.75, 3.05) is 7.11 Å². The number of hydrogen-bond acceptors (Lipinski definition) is 4. The highest BCUT2D eigenvalue weighted by molar-refractivity contribution is 5.94. The van der Waals surface area contributed by atoms with Crippen molar-refractivity contribution in [1.29, 1.82) is 0 Å². The average molecular weight is 344 g/mol. The highest BCUT2D eigenvalue weighted by Crippen LogP contribution is 2.57. The average Bonchev–Trinajstić information content (AvgIpc) is 2.52. The van der Waals surface area contributed by atoms with Crippen molar-refractivity contribution in [2.24, 2.45) is 11.3 Å². The Morgan fingerprint density at radius 1 is 1.16 bits per heavy atom. The van der Waals surface area contributed by atoms with Gasteiger partial charge in [-0.15, -0.1) is 0 Å². The molecule has 0 radical (unpaired) electrons. The van der Waals surface area contributed by atoms with Crippen molar-refractivity contribution < 1.29 is 19.1 Å². The smallest absolute Gasteiger partial charge is 0.341 e. The predicted octanol–water partition coefficient (Wildman–Crippen LogP) is 4.43. The van der Waals surface area contributed by atoms with Gasteiger partial charge in [-0.05, 0) is 65.7 Å². The quantitative estimate of drug-likeness (QED) is 0.588. The predicted molar refractivity (Wildman–Crippen MR) is 95.9 cm³/mol. The zero-order chi connectivity index (χ0) is 18.4. The maximum absolute atomic E-state index is 12.2. The minimum absolute atomic E-state index is 0.0544. The van der Waals surface area contributed by atoms with Crippen LogP contribution in [0.4, 0.5) is 0 Å². The number of benzene rings is 1. The molecule has 0 heterocycles. The van der Waals surface area contributed by atoms with Gasteiger partial charge in [0.1, 0.15) is 11.3 Å². The van der Waals surface area contributed by atoms with Crippen molar-refractivity contribution in [3.63, 3.8) is 0 Å². The van der Waals surface area contributed by atoms with E-state index < -0.39 is 11.9 Å². The molecule has 0 bridgehead atoms. The van der Waals surface area contributed by atoms with E-state index >= 15 is 0 Å². The Labute approximate surface area is 149 Å². The molecule has 1 fully saturated rings. The number of carbonyl (C=O) groups excluding carboxylic acids is 2. The number of aryl methyl sites for hydroxylation is 1. The summed E-state index contributed by atoms with van der Waals surface area (Å²) in [5.41, 5.74) is 3.12. The Bertz CT molecular complexity index is 719. The van der Waals surface area contributed by atoms with E-state index in [0.29, 0.717) is 22.6 Å². The van der Waals surface area contributed by atoms with Gasteiger partial charge in [0.25, 0.3) is 0 Å². The fourth-order valence-electron chi connectivity index (χ4n) is 5.33. The Hall–Kier alpha value is -1.84. The van der Waals surface area contributed by atoms with Crippen LogP contribution in [0.15, 0.2) is 12.1 Å². The van der Waals surface area contributed by atoms with Crippen LogP contribution in [0.25, 0.3) is 0 Å². The zero-order valence-electron chi connectivity index (χ0n) is 15.9. The normalized spacial score (nSPS) is 27.0. The van der Waals surface area contributed by atoms with Crippen molar-refractivity contribution in [3.05, 3.63) is 28.8 Å². The second kappa shape index (κ2) is 6.15. The minimum Gasteiger partial charge on any atom is -0.465 e. The van der Waals surface area contributed by atoms with Crippen molar-refractivity contribution in [3.8, 4) is 5.75 Å². The summed E-state index contributed by atoms with van der Waals surface area (Å²) in [6.07, 6.45) is 5.65. The van der Waals surface area contributed by atoms with Gasteiger partial charge in [-0.2, -0.15) is 0 Å². The third kappa shape index (κ3) is 2.96. The summed E-state index contributed by atoms with van der Waals surface area (Å²) in [6, 6.07) is 3.80. The van der Waals surface area contributed by atoms with Crippen LogP contribution < -0.4 is 4.74 Å². The molecule has 2 aliphatic carbocycles. The first-order valence-corrected chi connectivity index (χ1v) is 9.13. The summed E-state index contributed by atoms with van der Waals surface area (Å²) in [4.78, 5) is 23.7. The molecule has 2 aliphatic rings. The molecule has 2 atom stereocenters. The molecule has 136 valence electrons. The second-order valence-corrected chi connectivity index (χ2v) is 8.44. The summed E-state index contributed by atoms with van der Waals surface area (Å²) in [5, 5.41) is 0. The second-order valence-electron chi connectivity index (χ2n) is 8.44. The molecule has 0 amide bonds. The molecule has 0 saturated heterocycles. The van der Waals surface area contributed by atoms with Gasteiger partial charge in [-0.3, -0.25) is 4.79 Å². The molecule has 4 nitrogen and oxygen atoms in total. The number of esters is 2. The lowest BCUT2D eigenvalue weighted by Gasteiger charge is -2.54. The van der Waals surface area contributed by atoms with Crippen molar-refractivity contribution in [1.82, 2.24) is 0 Å². The molecule has 1 saturated carbocycles. The fourth-order valence-corrected chi connectivity index (χ4v) is 5.33. The van der Waals surface area contributed by atoms with Crippen LogP contribution in [0.1, 0.15) is 74.9 Å². The summed E-state index contributed by atoms with van der Waals surface area (Å²) < 4.78 is 10.3. The maximum atomic E-state index is 12.2. The topological polar surface area (TPSA) is 52.6 Å². The van der Waals surface area contributed by atoms with Crippen LogP contribution >= 0.6 is 0 Å². The number of ether oxygens (including phenoxy) is 2. The van der Waals surface area contributed by atoms with Crippen LogP contribution in [0.3, 0.4) is 0 Å². The number of carbonyl (C=O) groups is 2. The minimum atomic E-state index is -0.463. The molecule has 1 aromatic rings. The van der Waals surface area contributed by atoms with Crippen LogP contribution in [-0.4, -0.2) is 19.0 Å². The Balaban J connectivity index is 2.15. The first-order valence-electron chi connectivity index (χ1n) is 9.13. The summed E-state index contributed by atoms with van der Waals surface area (Å²) >= 11 is 0. The monoisotopic (exact) mass is 344 g/mol. The van der Waals surface area contributed by atoms with Gasteiger partial charge in [0, 0.05) is 6.92 Å². The first-order chi connectivity index (χ1) is 11.7. The van der Waals surface area contributed by atoms with Gasteiger partial charge >= 0.3 is 11.9 Å². The molecular weight excluding hydrogens is 316 g/mol. The molecule has 1 aromatic carbocycles. The van der Waals surface area contributed by atoms with E-state index in [0.717, 1.165) is 19.3 Å². The van der Waals surface area contributed by atoms with E-state index in [1.807, 2.05) is 12.1 Å². The third-order valence-corrected chi connectivity index (χ3v) is 6.41. The van der Waals surface area contributed by atoms with Crippen LogP contribution in [-0.2, 0) is 21.4 Å². The zero-order valence-corrected chi connectivity index (χ0v) is 15.9. The molecule has 0 N–H and O–H groups in total. The standard InChI is InChI=1S/C21H28O4/c1-13(22)25-17-12-16-14(11-15(17)19(23)24-5)7-8-18-20(2,3)9-6-10-21(16,18)4/h11-12,18H,6-10H2,1-5H3/t18-,21+/m0/s1. The van der Waals surface area contributed by atoms with Crippen LogP contribution in [0.2, 0.25) is 0 Å². The SMILES string of the molecule is COC(=O)c1cc2c(cc1OC(C)=O)[C@@]1(C)CCCC(C)(C)[C@@H]1CC2. The Kier molecular flexibility index (Phi) is 4.42. The lowest BCUT2D eigenvalue weighted by atomic mass is 9.50. The molecular formula is C21H28O4. The lowest BCUT2D eigenvalue weighted by molar-refractivity contribution is -0.131. The van der Waals surface area contributed by atoms with E-state index in [9.17, 15) is 9.59 Å². The summed E-state index contributed by atoms with van der Waals surface area (Å²) in [6.45, 7) is 8.44. The van der Waals surface area contributed by atoms with E-state index in [1.165, 1.54) is 38.0 Å². The Morgan fingerprint density at radius 2 is 1.88 bits per heavy atom. The maximum Gasteiger partial charge on any atom is 0.341 e. The Morgan fingerprint density at radius 3 is 2.52 bits per heavy atom. The van der Waals surface area contributed by atoms with Gasteiger partial charge in [-0.1, -0.05) is 27.2 Å². The molecule has 3 rings (SSSR count). The molecule has 25 heavy (non-hydrogen) atoms. The number of methoxy groups -OCH3 is 1. The first kappa shape index (κ1) is 18.0. The van der Waals surface area contributed by atoms with E-state index in [1.54, 1.807) is 0 Å². The molecule has 0 aromatic heterocycles. The van der Waals surface area contributed by atoms with Gasteiger partial charge in [0.15, 0.2) is 0 Å². The highest BCUT2D eigenvalue weighted by Gasteiger charge is 2.50. The fraction of sp³-hybridized carbons (Fsp3) is 0.619. The molecule has 0 spiro atoms. The van der Waals surface area contributed by atoms with Gasteiger partial charge < -0.3 is 9.47 Å². The van der Waals surface area contributed by atoms with E-state index in [2.05, 4.69) is 20.8 Å². The summed E-state index contributed by atoms with van der Waals surface area (Å²) in [7, 11) is 1.35. The molecule has 0 aliphatic heterocycles. The van der Waals surface area contributed by atoms with Gasteiger partial charge in [0.2, 0.25) is 0 Å². The van der Waals surface area contributed by atoms with Crippen LogP contribution in [0.5, 0.6) is 5.75 Å². The molecule has 4 heteroatoms.